The van der Waals surface area contributed by atoms with Crippen molar-refractivity contribution < 1.29 is 19.1 Å². The molecule has 0 saturated heterocycles. The van der Waals surface area contributed by atoms with E-state index in [9.17, 15) is 9.59 Å². The minimum absolute atomic E-state index is 0.192. The molecule has 6 heteroatoms. The van der Waals surface area contributed by atoms with E-state index < -0.39 is 23.9 Å². The predicted molar refractivity (Wildman–Crippen MR) is 69.5 cm³/mol. The molecule has 0 unspecified atom stereocenters. The van der Waals surface area contributed by atoms with Crippen molar-refractivity contribution in [3.05, 3.63) is 0 Å². The SMILES string of the molecule is CCOC(=O)[C@H](C#N)C=N[C@@H](CC(C)C)C(=O)OC. The lowest BCUT2D eigenvalue weighted by molar-refractivity contribution is -0.144. The normalized spacial score (nSPS) is 13.9. The van der Waals surface area contributed by atoms with Crippen LogP contribution >= 0.6 is 0 Å². The van der Waals surface area contributed by atoms with Gasteiger partial charge >= 0.3 is 11.9 Å². The van der Waals surface area contributed by atoms with Crippen LogP contribution in [0.5, 0.6) is 0 Å². The highest BCUT2D eigenvalue weighted by Gasteiger charge is 2.21. The molecule has 0 N–H and O–H groups in total. The minimum Gasteiger partial charge on any atom is -0.467 e. The summed E-state index contributed by atoms with van der Waals surface area (Å²) in [5.41, 5.74) is 0. The number of carbonyl (C=O) groups excluding carboxylic acids is 2. The molecule has 0 aromatic rings. The van der Waals surface area contributed by atoms with Crippen molar-refractivity contribution in [3.63, 3.8) is 0 Å². The van der Waals surface area contributed by atoms with Crippen molar-refractivity contribution in [1.29, 1.82) is 5.26 Å². The first kappa shape index (κ1) is 17.1. The van der Waals surface area contributed by atoms with Crippen LogP contribution in [0.15, 0.2) is 4.99 Å². The molecule has 0 aliphatic rings. The Hall–Kier alpha value is -1.90. The Morgan fingerprint density at radius 2 is 2.00 bits per heavy atom. The van der Waals surface area contributed by atoms with Crippen LogP contribution in [0.4, 0.5) is 0 Å². The predicted octanol–water partition coefficient (Wildman–Crippen LogP) is 1.35. The van der Waals surface area contributed by atoms with Crippen LogP contribution in [0.25, 0.3) is 0 Å². The van der Waals surface area contributed by atoms with Gasteiger partial charge in [0, 0.05) is 6.21 Å². The average Bonchev–Trinajstić information content (AvgIpc) is 2.37. The monoisotopic (exact) mass is 268 g/mol. The van der Waals surface area contributed by atoms with Gasteiger partial charge in [-0.15, -0.1) is 0 Å². The van der Waals surface area contributed by atoms with Crippen molar-refractivity contribution >= 4 is 18.2 Å². The maximum Gasteiger partial charge on any atom is 0.330 e. The molecule has 106 valence electrons. The summed E-state index contributed by atoms with van der Waals surface area (Å²) in [6, 6.07) is 1.08. The van der Waals surface area contributed by atoms with Gasteiger partial charge in [-0.3, -0.25) is 9.79 Å². The zero-order valence-electron chi connectivity index (χ0n) is 11.8. The van der Waals surface area contributed by atoms with Crippen LogP contribution in [0.2, 0.25) is 0 Å². The highest BCUT2D eigenvalue weighted by molar-refractivity contribution is 5.93. The van der Waals surface area contributed by atoms with E-state index in [1.165, 1.54) is 7.11 Å². The van der Waals surface area contributed by atoms with Crippen molar-refractivity contribution in [1.82, 2.24) is 0 Å². The van der Waals surface area contributed by atoms with Crippen LogP contribution in [0.3, 0.4) is 0 Å². The number of hydrogen-bond donors (Lipinski definition) is 0. The van der Waals surface area contributed by atoms with E-state index in [1.54, 1.807) is 13.0 Å². The van der Waals surface area contributed by atoms with Crippen molar-refractivity contribution in [2.75, 3.05) is 13.7 Å². The summed E-state index contributed by atoms with van der Waals surface area (Å²) >= 11 is 0. The third-order valence-electron chi connectivity index (χ3n) is 2.26. The largest absolute Gasteiger partial charge is 0.467 e. The second-order valence-electron chi connectivity index (χ2n) is 4.33. The van der Waals surface area contributed by atoms with Gasteiger partial charge in [-0.1, -0.05) is 13.8 Å². The molecule has 0 aromatic heterocycles. The van der Waals surface area contributed by atoms with Crippen molar-refractivity contribution in [2.45, 2.75) is 33.2 Å². The van der Waals surface area contributed by atoms with Crippen LogP contribution < -0.4 is 0 Å². The lowest BCUT2D eigenvalue weighted by atomic mass is 10.0. The Morgan fingerprint density at radius 3 is 2.42 bits per heavy atom. The quantitative estimate of drug-likeness (QED) is 0.513. The van der Waals surface area contributed by atoms with Gasteiger partial charge in [0.05, 0.1) is 19.8 Å². The lowest BCUT2D eigenvalue weighted by Gasteiger charge is -2.12. The molecule has 0 rings (SSSR count). The van der Waals surface area contributed by atoms with Gasteiger partial charge in [-0.05, 0) is 19.3 Å². The van der Waals surface area contributed by atoms with E-state index in [4.69, 9.17) is 10.00 Å². The number of carbonyl (C=O) groups is 2. The zero-order valence-corrected chi connectivity index (χ0v) is 11.8. The van der Waals surface area contributed by atoms with Gasteiger partial charge in [-0.25, -0.2) is 4.79 Å². The number of aliphatic imine (C=N–C) groups is 1. The standard InChI is InChI=1S/C13H20N2O4/c1-5-19-12(16)10(7-14)8-15-11(6-9(2)3)13(17)18-4/h8-11H,5-6H2,1-4H3/t10-,11+/m1/s1. The molecule has 19 heavy (non-hydrogen) atoms. The number of nitrogens with zero attached hydrogens (tertiary/aromatic N) is 2. The van der Waals surface area contributed by atoms with Gasteiger partial charge in [0.1, 0.15) is 6.04 Å². The molecular weight excluding hydrogens is 248 g/mol. The van der Waals surface area contributed by atoms with Gasteiger partial charge in [0.2, 0.25) is 0 Å². The molecule has 0 bridgehead atoms. The second kappa shape index (κ2) is 9.09. The van der Waals surface area contributed by atoms with Crippen LogP contribution in [0, 0.1) is 23.2 Å². The smallest absolute Gasteiger partial charge is 0.330 e. The summed E-state index contributed by atoms with van der Waals surface area (Å²) in [5, 5.41) is 8.86. The number of ether oxygens (including phenoxy) is 2. The molecule has 0 aliphatic heterocycles. The van der Waals surface area contributed by atoms with Gasteiger partial charge in [0.15, 0.2) is 5.92 Å². The highest BCUT2D eigenvalue weighted by atomic mass is 16.5. The Morgan fingerprint density at radius 1 is 1.37 bits per heavy atom. The van der Waals surface area contributed by atoms with E-state index >= 15 is 0 Å². The van der Waals surface area contributed by atoms with E-state index in [2.05, 4.69) is 9.73 Å². The Labute approximate surface area is 113 Å². The van der Waals surface area contributed by atoms with E-state index in [-0.39, 0.29) is 12.5 Å². The summed E-state index contributed by atoms with van der Waals surface area (Å²) in [6.07, 6.45) is 1.64. The Bertz CT molecular complexity index is 371. The fourth-order valence-corrected chi connectivity index (χ4v) is 1.37. The molecular formula is C13H20N2O4. The molecule has 0 spiro atoms. The lowest BCUT2D eigenvalue weighted by Crippen LogP contribution is -2.24. The molecule has 0 saturated carbocycles. The third kappa shape index (κ3) is 6.55. The first-order valence-corrected chi connectivity index (χ1v) is 6.13. The first-order valence-electron chi connectivity index (χ1n) is 6.13. The molecule has 0 aliphatic carbocycles. The summed E-state index contributed by atoms with van der Waals surface area (Å²) < 4.78 is 9.36. The fraction of sp³-hybridized carbons (Fsp3) is 0.692. The third-order valence-corrected chi connectivity index (χ3v) is 2.26. The molecule has 0 amide bonds. The zero-order chi connectivity index (χ0) is 14.8. The average molecular weight is 268 g/mol. The number of methoxy groups -OCH3 is 1. The van der Waals surface area contributed by atoms with Crippen molar-refractivity contribution in [2.24, 2.45) is 16.8 Å². The number of esters is 2. The molecule has 0 aromatic carbocycles. The second-order valence-corrected chi connectivity index (χ2v) is 4.33. The van der Waals surface area contributed by atoms with Crippen LogP contribution in [-0.4, -0.2) is 37.9 Å². The summed E-state index contributed by atoms with van der Waals surface area (Å²) in [4.78, 5) is 26.9. The Balaban J connectivity index is 4.80. The molecule has 0 radical (unpaired) electrons. The van der Waals surface area contributed by atoms with E-state index in [1.807, 2.05) is 13.8 Å². The fourth-order valence-electron chi connectivity index (χ4n) is 1.37. The topological polar surface area (TPSA) is 88.8 Å². The van der Waals surface area contributed by atoms with E-state index in [0.29, 0.717) is 6.42 Å². The van der Waals surface area contributed by atoms with E-state index in [0.717, 1.165) is 6.21 Å². The number of rotatable bonds is 7. The van der Waals surface area contributed by atoms with Gasteiger partial charge in [0.25, 0.3) is 0 Å². The van der Waals surface area contributed by atoms with Crippen LogP contribution in [-0.2, 0) is 19.1 Å². The molecule has 0 fully saturated rings. The number of hydrogen-bond acceptors (Lipinski definition) is 6. The molecule has 6 nitrogen and oxygen atoms in total. The first-order chi connectivity index (χ1) is 8.96. The van der Waals surface area contributed by atoms with Gasteiger partial charge in [-0.2, -0.15) is 5.26 Å². The van der Waals surface area contributed by atoms with Crippen LogP contribution in [0.1, 0.15) is 27.2 Å². The highest BCUT2D eigenvalue weighted by Crippen LogP contribution is 2.10. The summed E-state index contributed by atoms with van der Waals surface area (Å²) in [7, 11) is 1.28. The number of nitriles is 1. The maximum absolute atomic E-state index is 11.5. The minimum atomic E-state index is -1.10. The van der Waals surface area contributed by atoms with Crippen molar-refractivity contribution in [3.8, 4) is 6.07 Å². The molecule has 0 heterocycles. The maximum atomic E-state index is 11.5. The summed E-state index contributed by atoms with van der Waals surface area (Å²) in [6.45, 7) is 5.73. The summed E-state index contributed by atoms with van der Waals surface area (Å²) in [5.74, 6) is -2.00. The molecule has 2 atom stereocenters. The Kier molecular flexibility index (Phi) is 8.18. The van der Waals surface area contributed by atoms with Gasteiger partial charge < -0.3 is 9.47 Å².